The summed E-state index contributed by atoms with van der Waals surface area (Å²) in [5, 5.41) is 0. The summed E-state index contributed by atoms with van der Waals surface area (Å²) >= 11 is 0. The largest absolute Gasteiger partial charge is 0.465 e. The van der Waals surface area contributed by atoms with E-state index in [2.05, 4.69) is 9.72 Å². The zero-order chi connectivity index (χ0) is 18.1. The molecule has 3 rings (SSSR count). The van der Waals surface area contributed by atoms with E-state index in [4.69, 9.17) is 4.74 Å². The molecule has 1 saturated heterocycles. The van der Waals surface area contributed by atoms with Crippen molar-refractivity contribution in [2.24, 2.45) is 0 Å². The van der Waals surface area contributed by atoms with Crippen molar-refractivity contribution in [1.29, 1.82) is 0 Å². The fraction of sp³-hybridized carbons (Fsp3) is 0.588. The molecule has 2 amide bonds. The quantitative estimate of drug-likeness (QED) is 0.756. The number of carbonyl (C=O) groups is 2. The van der Waals surface area contributed by atoms with Crippen molar-refractivity contribution in [3.8, 4) is 0 Å². The van der Waals surface area contributed by atoms with Crippen LogP contribution in [-0.4, -0.2) is 65.7 Å². The third-order valence-corrected chi connectivity index (χ3v) is 4.62. The number of esters is 1. The van der Waals surface area contributed by atoms with Gasteiger partial charge in [0.1, 0.15) is 5.56 Å². The zero-order valence-electron chi connectivity index (χ0n) is 14.7. The number of urea groups is 1. The lowest BCUT2D eigenvalue weighted by Crippen LogP contribution is -2.54. The Balaban J connectivity index is 1.81. The van der Waals surface area contributed by atoms with Crippen LogP contribution < -0.4 is 5.43 Å². The van der Waals surface area contributed by atoms with E-state index in [1.165, 1.54) is 13.3 Å². The van der Waals surface area contributed by atoms with Crippen LogP contribution in [0.3, 0.4) is 0 Å². The molecule has 1 aromatic rings. The van der Waals surface area contributed by atoms with Gasteiger partial charge in [-0.25, -0.2) is 9.59 Å². The molecule has 0 aromatic carbocycles. The highest BCUT2D eigenvalue weighted by Crippen LogP contribution is 2.19. The molecule has 2 aliphatic heterocycles. The highest BCUT2D eigenvalue weighted by atomic mass is 16.5. The number of ether oxygens (including phenoxy) is 2. The van der Waals surface area contributed by atoms with Gasteiger partial charge < -0.3 is 24.3 Å². The zero-order valence-corrected chi connectivity index (χ0v) is 14.7. The molecule has 1 N–H and O–H groups in total. The van der Waals surface area contributed by atoms with Gasteiger partial charge in [-0.2, -0.15) is 0 Å². The highest BCUT2D eigenvalue weighted by molar-refractivity contribution is 5.89. The van der Waals surface area contributed by atoms with Crippen molar-refractivity contribution in [3.05, 3.63) is 33.2 Å². The second-order valence-electron chi connectivity index (χ2n) is 6.60. The fourth-order valence-electron chi connectivity index (χ4n) is 3.48. The first-order valence-electron chi connectivity index (χ1n) is 8.41. The molecular formula is C17H23N3O5. The number of fused-ring (bicyclic) bond motifs is 1. The first-order chi connectivity index (χ1) is 11.9. The van der Waals surface area contributed by atoms with Gasteiger partial charge in [0.05, 0.1) is 25.9 Å². The monoisotopic (exact) mass is 349 g/mol. The Kier molecular flexibility index (Phi) is 4.80. The van der Waals surface area contributed by atoms with Crippen molar-refractivity contribution in [3.63, 3.8) is 0 Å². The van der Waals surface area contributed by atoms with E-state index in [-0.39, 0.29) is 35.8 Å². The van der Waals surface area contributed by atoms with E-state index in [0.717, 1.165) is 5.69 Å². The summed E-state index contributed by atoms with van der Waals surface area (Å²) in [6.45, 7) is 5.66. The third-order valence-electron chi connectivity index (χ3n) is 4.62. The maximum Gasteiger partial charge on any atom is 0.343 e. The van der Waals surface area contributed by atoms with Gasteiger partial charge in [-0.3, -0.25) is 4.79 Å². The van der Waals surface area contributed by atoms with Crippen LogP contribution in [0.4, 0.5) is 4.79 Å². The lowest BCUT2D eigenvalue weighted by atomic mass is 10.0. The number of nitrogens with zero attached hydrogens (tertiary/aromatic N) is 2. The molecule has 136 valence electrons. The summed E-state index contributed by atoms with van der Waals surface area (Å²) in [6.07, 6.45) is 1.90. The summed E-state index contributed by atoms with van der Waals surface area (Å²) < 4.78 is 10.3. The van der Waals surface area contributed by atoms with Crippen molar-refractivity contribution in [2.45, 2.75) is 39.0 Å². The molecule has 0 bridgehead atoms. The van der Waals surface area contributed by atoms with Gasteiger partial charge in [-0.1, -0.05) is 0 Å². The van der Waals surface area contributed by atoms with E-state index in [1.807, 2.05) is 13.8 Å². The predicted octanol–water partition coefficient (Wildman–Crippen LogP) is 0.749. The van der Waals surface area contributed by atoms with Crippen LogP contribution in [-0.2, 0) is 22.4 Å². The average molecular weight is 349 g/mol. The number of aromatic nitrogens is 1. The van der Waals surface area contributed by atoms with E-state index in [1.54, 1.807) is 9.80 Å². The first kappa shape index (κ1) is 17.5. The molecule has 0 saturated carbocycles. The molecule has 2 aliphatic rings. The van der Waals surface area contributed by atoms with Gasteiger partial charge >= 0.3 is 12.0 Å². The SMILES string of the molecule is COC(=O)c1c[nH]c2c(c1=O)CN(C(=O)N1C[C@@H](C)O[C@@H](C)C1)CC2. The van der Waals surface area contributed by atoms with Gasteiger partial charge in [0.15, 0.2) is 0 Å². The smallest absolute Gasteiger partial charge is 0.343 e. The first-order valence-corrected chi connectivity index (χ1v) is 8.41. The fourth-order valence-corrected chi connectivity index (χ4v) is 3.48. The van der Waals surface area contributed by atoms with Crippen molar-refractivity contribution in [2.75, 3.05) is 26.7 Å². The summed E-state index contributed by atoms with van der Waals surface area (Å²) in [5.41, 5.74) is 0.813. The lowest BCUT2D eigenvalue weighted by molar-refractivity contribution is -0.0585. The summed E-state index contributed by atoms with van der Waals surface area (Å²) in [4.78, 5) is 43.5. The Morgan fingerprint density at radius 3 is 2.56 bits per heavy atom. The number of methoxy groups -OCH3 is 1. The number of rotatable bonds is 1. The molecule has 2 atom stereocenters. The lowest BCUT2D eigenvalue weighted by Gasteiger charge is -2.39. The number of nitrogens with one attached hydrogen (secondary N) is 1. The highest BCUT2D eigenvalue weighted by Gasteiger charge is 2.32. The predicted molar refractivity (Wildman–Crippen MR) is 89.5 cm³/mol. The summed E-state index contributed by atoms with van der Waals surface area (Å²) in [5.74, 6) is -0.677. The number of hydrogen-bond donors (Lipinski definition) is 1. The van der Waals surface area contributed by atoms with Gasteiger partial charge in [0, 0.05) is 43.5 Å². The topological polar surface area (TPSA) is 91.9 Å². The second kappa shape index (κ2) is 6.87. The van der Waals surface area contributed by atoms with Crippen LogP contribution in [0.5, 0.6) is 0 Å². The Labute approximate surface area is 145 Å². The average Bonchev–Trinajstić information content (AvgIpc) is 2.60. The number of aromatic amines is 1. The second-order valence-corrected chi connectivity index (χ2v) is 6.60. The van der Waals surface area contributed by atoms with Crippen molar-refractivity contribution >= 4 is 12.0 Å². The number of hydrogen-bond acceptors (Lipinski definition) is 5. The van der Waals surface area contributed by atoms with Crippen molar-refractivity contribution < 1.29 is 19.1 Å². The van der Waals surface area contributed by atoms with Crippen LogP contribution in [0.25, 0.3) is 0 Å². The molecule has 8 heteroatoms. The molecule has 1 aromatic heterocycles. The van der Waals surface area contributed by atoms with Gasteiger partial charge in [-0.05, 0) is 13.8 Å². The Morgan fingerprint density at radius 1 is 1.24 bits per heavy atom. The number of amides is 2. The van der Waals surface area contributed by atoms with Crippen LogP contribution in [0.2, 0.25) is 0 Å². The minimum absolute atomic E-state index is 0.0147. The molecule has 1 fully saturated rings. The van der Waals surface area contributed by atoms with Crippen molar-refractivity contribution in [1.82, 2.24) is 14.8 Å². The summed E-state index contributed by atoms with van der Waals surface area (Å²) in [7, 11) is 1.23. The van der Waals surface area contributed by atoms with E-state index in [9.17, 15) is 14.4 Å². The maximum absolute atomic E-state index is 12.8. The van der Waals surface area contributed by atoms with E-state index >= 15 is 0 Å². The van der Waals surface area contributed by atoms with Crippen LogP contribution in [0, 0.1) is 0 Å². The third kappa shape index (κ3) is 3.39. The minimum atomic E-state index is -0.677. The molecule has 0 spiro atoms. The molecule has 25 heavy (non-hydrogen) atoms. The van der Waals surface area contributed by atoms with E-state index < -0.39 is 5.97 Å². The molecular weight excluding hydrogens is 326 g/mol. The molecule has 3 heterocycles. The van der Waals surface area contributed by atoms with Crippen LogP contribution >= 0.6 is 0 Å². The number of carbonyl (C=O) groups excluding carboxylic acids is 2. The summed E-state index contributed by atoms with van der Waals surface area (Å²) in [6, 6.07) is -0.101. The Bertz CT molecular complexity index is 734. The van der Waals surface area contributed by atoms with E-state index in [0.29, 0.717) is 31.6 Å². The molecule has 8 nitrogen and oxygen atoms in total. The van der Waals surface area contributed by atoms with Gasteiger partial charge in [-0.15, -0.1) is 0 Å². The van der Waals surface area contributed by atoms with Crippen LogP contribution in [0.15, 0.2) is 11.0 Å². The normalized spacial score (nSPS) is 23.2. The number of pyridine rings is 1. The molecule has 0 unspecified atom stereocenters. The number of H-pyrrole nitrogens is 1. The standard InChI is InChI=1S/C17H23N3O5/c1-10-7-20(8-11(2)25-10)17(23)19-5-4-14-13(9-19)15(21)12(6-18-14)16(22)24-3/h6,10-11H,4-5,7-9H2,1-3H3,(H,18,21)/t10-,11+. The maximum atomic E-state index is 12.8. The minimum Gasteiger partial charge on any atom is -0.465 e. The Hall–Kier alpha value is -2.35. The molecule has 0 radical (unpaired) electrons. The molecule has 0 aliphatic carbocycles. The van der Waals surface area contributed by atoms with Gasteiger partial charge in [0.2, 0.25) is 5.43 Å². The Morgan fingerprint density at radius 2 is 1.92 bits per heavy atom. The number of morpholine rings is 1. The van der Waals surface area contributed by atoms with Gasteiger partial charge in [0.25, 0.3) is 0 Å². The van der Waals surface area contributed by atoms with Crippen LogP contribution in [0.1, 0.15) is 35.5 Å².